The zero-order valence-electron chi connectivity index (χ0n) is 14.4. The molecule has 0 aliphatic carbocycles. The van der Waals surface area contributed by atoms with Crippen LogP contribution in [0.2, 0.25) is 5.02 Å². The van der Waals surface area contributed by atoms with Crippen LogP contribution in [0.4, 0.5) is 10.8 Å². The van der Waals surface area contributed by atoms with Crippen LogP contribution in [0, 0.1) is 0 Å². The molecule has 0 aliphatic heterocycles. The predicted molar refractivity (Wildman–Crippen MR) is 111 cm³/mol. The van der Waals surface area contributed by atoms with Gasteiger partial charge in [-0.3, -0.25) is 14.9 Å². The smallest absolute Gasteiger partial charge is 0.250 e. The predicted octanol–water partition coefficient (Wildman–Crippen LogP) is 5.07. The van der Waals surface area contributed by atoms with Crippen molar-refractivity contribution >= 4 is 51.6 Å². The van der Waals surface area contributed by atoms with E-state index in [1.54, 1.807) is 30.3 Å². The van der Waals surface area contributed by atoms with E-state index in [1.165, 1.54) is 24.3 Å². The highest BCUT2D eigenvalue weighted by atomic mass is 35.5. The number of nitrogens with zero attached hydrogens (tertiary/aromatic N) is 1. The monoisotopic (exact) mass is 397 g/mol. The normalized spacial score (nSPS) is 10.7. The molecule has 0 atom stereocenters. The molecule has 5 nitrogen and oxygen atoms in total. The first-order valence-electron chi connectivity index (χ1n) is 8.08. The number of carbonyl (C=O) groups is 2. The van der Waals surface area contributed by atoms with Crippen molar-refractivity contribution in [1.29, 1.82) is 0 Å². The molecule has 2 aromatic carbocycles. The number of amides is 2. The van der Waals surface area contributed by atoms with E-state index in [2.05, 4.69) is 15.6 Å². The molecule has 0 fully saturated rings. The highest BCUT2D eigenvalue weighted by molar-refractivity contribution is 7.14. The summed E-state index contributed by atoms with van der Waals surface area (Å²) < 4.78 is 0. The summed E-state index contributed by atoms with van der Waals surface area (Å²) in [5.74, 6) is -0.392. The van der Waals surface area contributed by atoms with Crippen molar-refractivity contribution in [1.82, 2.24) is 4.98 Å². The molecule has 3 rings (SSSR count). The molecule has 3 aromatic rings. The molecule has 27 heavy (non-hydrogen) atoms. The van der Waals surface area contributed by atoms with E-state index >= 15 is 0 Å². The fraction of sp³-hybridized carbons (Fsp3) is 0.0500. The minimum Gasteiger partial charge on any atom is -0.326 e. The van der Waals surface area contributed by atoms with Crippen molar-refractivity contribution in [3.63, 3.8) is 0 Å². The van der Waals surface area contributed by atoms with Crippen molar-refractivity contribution in [3.05, 3.63) is 70.6 Å². The summed E-state index contributed by atoms with van der Waals surface area (Å²) in [6.07, 6.45) is 3.14. The van der Waals surface area contributed by atoms with Gasteiger partial charge in [0.05, 0.1) is 5.69 Å². The van der Waals surface area contributed by atoms with E-state index in [-0.39, 0.29) is 11.8 Å². The van der Waals surface area contributed by atoms with Crippen LogP contribution in [0.1, 0.15) is 12.5 Å². The zero-order valence-corrected chi connectivity index (χ0v) is 16.0. The Hall–Kier alpha value is -2.96. The van der Waals surface area contributed by atoms with E-state index in [4.69, 9.17) is 11.6 Å². The van der Waals surface area contributed by atoms with E-state index in [0.717, 1.165) is 16.8 Å². The fourth-order valence-electron chi connectivity index (χ4n) is 2.28. The third-order valence-electron chi connectivity index (χ3n) is 3.53. The van der Waals surface area contributed by atoms with Crippen molar-refractivity contribution in [2.75, 3.05) is 10.6 Å². The molecule has 0 spiro atoms. The van der Waals surface area contributed by atoms with E-state index < -0.39 is 0 Å². The molecule has 0 radical (unpaired) electrons. The van der Waals surface area contributed by atoms with E-state index in [0.29, 0.717) is 15.8 Å². The third-order valence-corrected chi connectivity index (χ3v) is 4.54. The molecule has 0 unspecified atom stereocenters. The Labute approximate surface area is 165 Å². The molecule has 0 bridgehead atoms. The van der Waals surface area contributed by atoms with Gasteiger partial charge in [0, 0.05) is 34.7 Å². The number of anilines is 2. The molecule has 2 N–H and O–H groups in total. The first-order valence-corrected chi connectivity index (χ1v) is 9.33. The molecule has 0 aliphatic rings. The van der Waals surface area contributed by atoms with Crippen LogP contribution < -0.4 is 10.6 Å². The van der Waals surface area contributed by atoms with Crippen LogP contribution in [0.3, 0.4) is 0 Å². The number of thiazole rings is 1. The van der Waals surface area contributed by atoms with Gasteiger partial charge >= 0.3 is 0 Å². The number of halogens is 1. The van der Waals surface area contributed by atoms with Crippen LogP contribution in [-0.4, -0.2) is 16.8 Å². The molecule has 2 amide bonds. The summed E-state index contributed by atoms with van der Waals surface area (Å²) in [6.45, 7) is 1.45. The summed E-state index contributed by atoms with van der Waals surface area (Å²) >= 11 is 7.24. The molecule has 1 aromatic heterocycles. The summed E-state index contributed by atoms with van der Waals surface area (Å²) in [5, 5.41) is 8.51. The van der Waals surface area contributed by atoms with Gasteiger partial charge in [-0.15, -0.1) is 11.3 Å². The van der Waals surface area contributed by atoms with Crippen molar-refractivity contribution in [3.8, 4) is 11.3 Å². The average molecular weight is 398 g/mol. The first kappa shape index (κ1) is 18.8. The van der Waals surface area contributed by atoms with Crippen LogP contribution >= 0.6 is 22.9 Å². The van der Waals surface area contributed by atoms with Gasteiger partial charge in [-0.05, 0) is 35.9 Å². The Bertz CT molecular complexity index is 979. The van der Waals surface area contributed by atoms with Gasteiger partial charge in [-0.25, -0.2) is 4.98 Å². The minimum absolute atomic E-state index is 0.126. The van der Waals surface area contributed by atoms with Crippen LogP contribution in [0.5, 0.6) is 0 Å². The summed E-state index contributed by atoms with van der Waals surface area (Å²) in [4.78, 5) is 27.5. The zero-order chi connectivity index (χ0) is 19.2. The van der Waals surface area contributed by atoms with Crippen molar-refractivity contribution in [2.45, 2.75) is 6.92 Å². The van der Waals surface area contributed by atoms with Gasteiger partial charge in [-0.2, -0.15) is 0 Å². The van der Waals surface area contributed by atoms with E-state index in [9.17, 15) is 9.59 Å². The second-order valence-corrected chi connectivity index (χ2v) is 6.97. The van der Waals surface area contributed by atoms with Gasteiger partial charge in [0.25, 0.3) is 0 Å². The number of aromatic nitrogens is 1. The van der Waals surface area contributed by atoms with Crippen molar-refractivity contribution < 1.29 is 9.59 Å². The van der Waals surface area contributed by atoms with Gasteiger partial charge < -0.3 is 5.32 Å². The maximum absolute atomic E-state index is 12.1. The molecule has 1 heterocycles. The topological polar surface area (TPSA) is 71.1 Å². The average Bonchev–Trinajstić information content (AvgIpc) is 3.09. The number of hydrogen-bond donors (Lipinski definition) is 2. The van der Waals surface area contributed by atoms with Crippen LogP contribution in [0.25, 0.3) is 17.3 Å². The Kier molecular flexibility index (Phi) is 6.01. The molecule has 0 saturated heterocycles. The Morgan fingerprint density at radius 1 is 1.04 bits per heavy atom. The SMILES string of the molecule is CC(=O)Nc1ccc(C=CC(=O)Nc2nc(-c3ccc(Cl)cc3)cs2)cc1. The molecule has 136 valence electrons. The highest BCUT2D eigenvalue weighted by Gasteiger charge is 2.06. The quantitative estimate of drug-likeness (QED) is 0.590. The highest BCUT2D eigenvalue weighted by Crippen LogP contribution is 2.26. The number of benzene rings is 2. The largest absolute Gasteiger partial charge is 0.326 e. The molecular formula is C20H16ClN3O2S. The second-order valence-electron chi connectivity index (χ2n) is 5.67. The molecule has 0 saturated carbocycles. The van der Waals surface area contributed by atoms with Gasteiger partial charge in [0.15, 0.2) is 5.13 Å². The number of hydrogen-bond acceptors (Lipinski definition) is 4. The summed E-state index contributed by atoms with van der Waals surface area (Å²) in [7, 11) is 0. The fourth-order valence-corrected chi connectivity index (χ4v) is 3.13. The summed E-state index contributed by atoms with van der Waals surface area (Å²) in [5.41, 5.74) is 3.28. The Morgan fingerprint density at radius 3 is 2.41 bits per heavy atom. The van der Waals surface area contributed by atoms with Gasteiger partial charge in [0.1, 0.15) is 0 Å². The lowest BCUT2D eigenvalue weighted by Gasteiger charge is -2.01. The Balaban J connectivity index is 1.60. The molecular weight excluding hydrogens is 382 g/mol. The van der Waals surface area contributed by atoms with Crippen LogP contribution in [0.15, 0.2) is 60.0 Å². The lowest BCUT2D eigenvalue weighted by molar-refractivity contribution is -0.114. The van der Waals surface area contributed by atoms with Crippen molar-refractivity contribution in [2.24, 2.45) is 0 Å². The first-order chi connectivity index (χ1) is 13.0. The standard InChI is InChI=1S/C20H16ClN3O2S/c1-13(25)22-17-9-2-14(3-10-17)4-11-19(26)24-20-23-18(12-27-20)15-5-7-16(21)8-6-15/h2-12H,1H3,(H,22,25)(H,23,24,26). The number of nitrogens with one attached hydrogen (secondary N) is 2. The molecule has 7 heteroatoms. The lowest BCUT2D eigenvalue weighted by atomic mass is 10.2. The summed E-state index contributed by atoms with van der Waals surface area (Å²) in [6, 6.07) is 14.6. The number of rotatable bonds is 5. The second kappa shape index (κ2) is 8.62. The van der Waals surface area contributed by atoms with E-state index in [1.807, 2.05) is 29.6 Å². The minimum atomic E-state index is -0.266. The Morgan fingerprint density at radius 2 is 1.74 bits per heavy atom. The third kappa shape index (κ3) is 5.51. The lowest BCUT2D eigenvalue weighted by Crippen LogP contribution is -2.07. The van der Waals surface area contributed by atoms with Crippen LogP contribution in [-0.2, 0) is 9.59 Å². The maximum Gasteiger partial charge on any atom is 0.250 e. The number of carbonyl (C=O) groups excluding carboxylic acids is 2. The maximum atomic E-state index is 12.1. The van der Waals surface area contributed by atoms with Gasteiger partial charge in [0.2, 0.25) is 11.8 Å². The van der Waals surface area contributed by atoms with Gasteiger partial charge in [-0.1, -0.05) is 35.9 Å².